The Morgan fingerprint density at radius 2 is 2.06 bits per heavy atom. The number of rotatable bonds is 6. The Labute approximate surface area is 111 Å². The normalized spacial score (nSPS) is 18.7. The highest BCUT2D eigenvalue weighted by Gasteiger charge is 2.20. The molecule has 18 heavy (non-hydrogen) atoms. The van der Waals surface area contributed by atoms with Crippen LogP contribution in [0.5, 0.6) is 0 Å². The van der Waals surface area contributed by atoms with E-state index in [1.807, 2.05) is 13.0 Å². The second-order valence-corrected chi connectivity index (χ2v) is 4.76. The van der Waals surface area contributed by atoms with E-state index in [4.69, 9.17) is 4.74 Å². The van der Waals surface area contributed by atoms with Crippen LogP contribution in [0.25, 0.3) is 0 Å². The monoisotopic (exact) mass is 254 g/mol. The zero-order valence-electron chi connectivity index (χ0n) is 11.9. The number of likely N-dealkylation sites (tertiary alicyclic amines) is 1. The molecule has 1 saturated heterocycles. The van der Waals surface area contributed by atoms with Crippen molar-refractivity contribution < 1.29 is 9.53 Å². The van der Waals surface area contributed by atoms with E-state index in [1.54, 1.807) is 0 Å². The minimum atomic E-state index is -0.244. The molecule has 0 spiro atoms. The molecule has 0 aromatic carbocycles. The maximum absolute atomic E-state index is 11.1. The molecule has 0 radical (unpaired) electrons. The molecular weight excluding hydrogens is 228 g/mol. The summed E-state index contributed by atoms with van der Waals surface area (Å²) in [6.07, 6.45) is 5.86. The molecule has 1 rings (SSSR count). The summed E-state index contributed by atoms with van der Waals surface area (Å²) in [5, 5.41) is 0. The molecule has 0 atom stereocenters. The summed E-state index contributed by atoms with van der Waals surface area (Å²) in [4.78, 5) is 16.0. The Morgan fingerprint density at radius 3 is 2.61 bits per heavy atom. The minimum Gasteiger partial charge on any atom is -0.463 e. The molecular formula is C14H26N2O2. The van der Waals surface area contributed by atoms with E-state index in [0.717, 1.165) is 13.1 Å². The Hall–Kier alpha value is -0.870. The van der Waals surface area contributed by atoms with Crippen molar-refractivity contribution in [1.29, 1.82) is 0 Å². The van der Waals surface area contributed by atoms with Gasteiger partial charge in [0.25, 0.3) is 0 Å². The van der Waals surface area contributed by atoms with Gasteiger partial charge in [0.15, 0.2) is 0 Å². The Kier molecular flexibility index (Phi) is 6.98. The molecule has 0 amide bonds. The first kappa shape index (κ1) is 15.2. The van der Waals surface area contributed by atoms with E-state index < -0.39 is 0 Å². The van der Waals surface area contributed by atoms with Crippen LogP contribution in [-0.4, -0.2) is 61.6 Å². The lowest BCUT2D eigenvalue weighted by atomic mass is 10.0. The SMILES string of the molecule is CCOC(=O)/C=C/CN(C)C1CCN(CC)CC1. The molecule has 1 heterocycles. The fourth-order valence-corrected chi connectivity index (χ4v) is 2.33. The van der Waals surface area contributed by atoms with Gasteiger partial charge < -0.3 is 9.64 Å². The number of esters is 1. The highest BCUT2D eigenvalue weighted by molar-refractivity contribution is 5.81. The molecule has 4 nitrogen and oxygen atoms in total. The van der Waals surface area contributed by atoms with Gasteiger partial charge in [0.05, 0.1) is 6.61 Å². The van der Waals surface area contributed by atoms with Crippen molar-refractivity contribution in [1.82, 2.24) is 9.80 Å². The first-order valence-electron chi connectivity index (χ1n) is 6.93. The number of piperidine rings is 1. The van der Waals surface area contributed by atoms with Gasteiger partial charge in [-0.05, 0) is 46.4 Å². The first-order valence-corrected chi connectivity index (χ1v) is 6.93. The molecule has 0 aromatic heterocycles. The molecule has 0 aliphatic carbocycles. The fraction of sp³-hybridized carbons (Fsp3) is 0.786. The topological polar surface area (TPSA) is 32.8 Å². The van der Waals surface area contributed by atoms with Gasteiger partial charge in [-0.15, -0.1) is 0 Å². The predicted octanol–water partition coefficient (Wildman–Crippen LogP) is 1.52. The lowest BCUT2D eigenvalue weighted by molar-refractivity contribution is -0.137. The van der Waals surface area contributed by atoms with Gasteiger partial charge in [-0.1, -0.05) is 13.0 Å². The molecule has 104 valence electrons. The van der Waals surface area contributed by atoms with Gasteiger partial charge in [-0.3, -0.25) is 4.90 Å². The van der Waals surface area contributed by atoms with Gasteiger partial charge in [0, 0.05) is 18.7 Å². The average Bonchev–Trinajstić information content (AvgIpc) is 2.39. The second kappa shape index (κ2) is 8.27. The lowest BCUT2D eigenvalue weighted by Gasteiger charge is -2.35. The van der Waals surface area contributed by atoms with Crippen LogP contribution in [0.3, 0.4) is 0 Å². The molecule has 0 saturated carbocycles. The van der Waals surface area contributed by atoms with Gasteiger partial charge in [0.1, 0.15) is 0 Å². The van der Waals surface area contributed by atoms with Gasteiger partial charge in [-0.25, -0.2) is 4.79 Å². The minimum absolute atomic E-state index is 0.244. The van der Waals surface area contributed by atoms with Crippen LogP contribution in [0.15, 0.2) is 12.2 Å². The maximum atomic E-state index is 11.1. The van der Waals surface area contributed by atoms with E-state index in [1.165, 1.54) is 32.0 Å². The summed E-state index contributed by atoms with van der Waals surface area (Å²) in [7, 11) is 2.13. The smallest absolute Gasteiger partial charge is 0.330 e. The van der Waals surface area contributed by atoms with Gasteiger partial charge in [0.2, 0.25) is 0 Å². The van der Waals surface area contributed by atoms with Crippen LogP contribution >= 0.6 is 0 Å². The van der Waals surface area contributed by atoms with Crippen molar-refractivity contribution in [2.45, 2.75) is 32.7 Å². The number of hydrogen-bond acceptors (Lipinski definition) is 4. The molecule has 1 aliphatic heterocycles. The average molecular weight is 254 g/mol. The zero-order valence-corrected chi connectivity index (χ0v) is 11.9. The molecule has 0 N–H and O–H groups in total. The molecule has 0 unspecified atom stereocenters. The third kappa shape index (κ3) is 5.19. The molecule has 4 heteroatoms. The van der Waals surface area contributed by atoms with Crippen LogP contribution in [0.1, 0.15) is 26.7 Å². The fourth-order valence-electron chi connectivity index (χ4n) is 2.33. The van der Waals surface area contributed by atoms with E-state index >= 15 is 0 Å². The quantitative estimate of drug-likeness (QED) is 0.531. The van der Waals surface area contributed by atoms with Crippen molar-refractivity contribution in [3.8, 4) is 0 Å². The van der Waals surface area contributed by atoms with Crippen molar-refractivity contribution >= 4 is 5.97 Å². The maximum Gasteiger partial charge on any atom is 0.330 e. The van der Waals surface area contributed by atoms with E-state index in [0.29, 0.717) is 12.6 Å². The van der Waals surface area contributed by atoms with Crippen LogP contribution in [-0.2, 0) is 9.53 Å². The van der Waals surface area contributed by atoms with E-state index in [9.17, 15) is 4.79 Å². The summed E-state index contributed by atoms with van der Waals surface area (Å²) < 4.78 is 4.85. The number of hydrogen-bond donors (Lipinski definition) is 0. The van der Waals surface area contributed by atoms with Crippen LogP contribution in [0, 0.1) is 0 Å². The second-order valence-electron chi connectivity index (χ2n) is 4.76. The standard InChI is InChI=1S/C14H26N2O2/c1-4-16-11-8-13(9-12-16)15(3)10-6-7-14(17)18-5-2/h6-7,13H,4-5,8-12H2,1-3H3/b7-6+. The summed E-state index contributed by atoms with van der Waals surface area (Å²) in [5.74, 6) is -0.244. The molecule has 0 aromatic rings. The highest BCUT2D eigenvalue weighted by atomic mass is 16.5. The van der Waals surface area contributed by atoms with Crippen LogP contribution in [0.4, 0.5) is 0 Å². The van der Waals surface area contributed by atoms with Crippen molar-refractivity contribution in [3.05, 3.63) is 12.2 Å². The summed E-state index contributed by atoms with van der Waals surface area (Å²) in [5.41, 5.74) is 0. The molecule has 0 bridgehead atoms. The van der Waals surface area contributed by atoms with Crippen LogP contribution < -0.4 is 0 Å². The highest BCUT2D eigenvalue weighted by Crippen LogP contribution is 2.14. The van der Waals surface area contributed by atoms with Crippen molar-refractivity contribution in [2.24, 2.45) is 0 Å². The predicted molar refractivity (Wildman–Crippen MR) is 73.5 cm³/mol. The number of carbonyl (C=O) groups is 1. The third-order valence-corrected chi connectivity index (χ3v) is 3.56. The number of ether oxygens (including phenoxy) is 1. The Balaban J connectivity index is 2.25. The molecule has 1 fully saturated rings. The zero-order chi connectivity index (χ0) is 13.4. The Bertz CT molecular complexity index is 271. The van der Waals surface area contributed by atoms with E-state index in [-0.39, 0.29) is 5.97 Å². The van der Waals surface area contributed by atoms with Crippen LogP contribution in [0.2, 0.25) is 0 Å². The van der Waals surface area contributed by atoms with Crippen molar-refractivity contribution in [3.63, 3.8) is 0 Å². The summed E-state index contributed by atoms with van der Waals surface area (Å²) >= 11 is 0. The largest absolute Gasteiger partial charge is 0.463 e. The van der Waals surface area contributed by atoms with Gasteiger partial charge in [-0.2, -0.15) is 0 Å². The van der Waals surface area contributed by atoms with Crippen molar-refractivity contribution in [2.75, 3.05) is 39.8 Å². The summed E-state index contributed by atoms with van der Waals surface area (Å²) in [6, 6.07) is 0.639. The van der Waals surface area contributed by atoms with Gasteiger partial charge >= 0.3 is 5.97 Å². The number of nitrogens with zero attached hydrogens (tertiary/aromatic N) is 2. The number of carbonyl (C=O) groups excluding carboxylic acids is 1. The third-order valence-electron chi connectivity index (χ3n) is 3.56. The lowest BCUT2D eigenvalue weighted by Crippen LogP contribution is -2.43. The number of likely N-dealkylation sites (N-methyl/N-ethyl adjacent to an activating group) is 1. The van der Waals surface area contributed by atoms with E-state index in [2.05, 4.69) is 23.8 Å². The Morgan fingerprint density at radius 1 is 1.39 bits per heavy atom. The molecule has 1 aliphatic rings. The summed E-state index contributed by atoms with van der Waals surface area (Å²) in [6.45, 7) is 8.81. The first-order chi connectivity index (χ1) is 8.67.